The average Bonchev–Trinajstić information content (AvgIpc) is 2.65. The molecule has 0 atom stereocenters. The zero-order valence-electron chi connectivity index (χ0n) is 14.1. The molecule has 0 bridgehead atoms. The predicted molar refractivity (Wildman–Crippen MR) is 99.6 cm³/mol. The van der Waals surface area contributed by atoms with Crippen LogP contribution >= 0.6 is 0 Å². The number of rotatable bonds is 3. The molecule has 0 aliphatic heterocycles. The first-order valence-electron chi connectivity index (χ1n) is 7.91. The molecular weight excluding hydrogens is 314 g/mol. The van der Waals surface area contributed by atoms with E-state index in [2.05, 4.69) is 10.9 Å². The third kappa shape index (κ3) is 3.77. The van der Waals surface area contributed by atoms with Crippen LogP contribution in [0.3, 0.4) is 0 Å². The van der Waals surface area contributed by atoms with E-state index in [-0.39, 0.29) is 11.8 Å². The van der Waals surface area contributed by atoms with Crippen molar-refractivity contribution >= 4 is 28.3 Å². The molecule has 2 amide bonds. The van der Waals surface area contributed by atoms with Gasteiger partial charge in [-0.25, -0.2) is 0 Å². The molecule has 2 N–H and O–H groups in total. The third-order valence-electron chi connectivity index (χ3n) is 3.93. The van der Waals surface area contributed by atoms with E-state index in [0.29, 0.717) is 11.1 Å². The Hall–Kier alpha value is -3.34. The zero-order valence-corrected chi connectivity index (χ0v) is 14.1. The van der Waals surface area contributed by atoms with Crippen LogP contribution in [-0.2, 0) is 0 Å². The second-order valence-corrected chi connectivity index (χ2v) is 5.91. The minimum Gasteiger partial charge on any atom is -0.378 e. The van der Waals surface area contributed by atoms with Crippen LogP contribution in [0, 0.1) is 0 Å². The van der Waals surface area contributed by atoms with Crippen molar-refractivity contribution in [3.8, 4) is 0 Å². The monoisotopic (exact) mass is 333 g/mol. The molecule has 0 unspecified atom stereocenters. The third-order valence-corrected chi connectivity index (χ3v) is 3.93. The number of fused-ring (bicyclic) bond motifs is 1. The van der Waals surface area contributed by atoms with Crippen LogP contribution in [0.5, 0.6) is 0 Å². The van der Waals surface area contributed by atoms with Crippen molar-refractivity contribution in [3.63, 3.8) is 0 Å². The lowest BCUT2D eigenvalue weighted by Crippen LogP contribution is -2.41. The van der Waals surface area contributed by atoms with Crippen LogP contribution < -0.4 is 15.8 Å². The van der Waals surface area contributed by atoms with Crippen LogP contribution in [0.2, 0.25) is 0 Å². The van der Waals surface area contributed by atoms with Crippen LogP contribution in [0.4, 0.5) is 5.69 Å². The highest BCUT2D eigenvalue weighted by Gasteiger charge is 2.10. The molecule has 0 spiro atoms. The van der Waals surface area contributed by atoms with Gasteiger partial charge in [0.05, 0.1) is 0 Å². The van der Waals surface area contributed by atoms with Gasteiger partial charge >= 0.3 is 0 Å². The van der Waals surface area contributed by atoms with Crippen LogP contribution in [0.15, 0.2) is 66.7 Å². The minimum absolute atomic E-state index is 0.358. The van der Waals surface area contributed by atoms with E-state index in [1.165, 1.54) is 0 Å². The summed E-state index contributed by atoms with van der Waals surface area (Å²) in [6.45, 7) is 0. The molecule has 0 saturated heterocycles. The number of hydrazine groups is 1. The summed E-state index contributed by atoms with van der Waals surface area (Å²) >= 11 is 0. The fraction of sp³-hybridized carbons (Fsp3) is 0.100. The second-order valence-electron chi connectivity index (χ2n) is 5.91. The number of hydrogen-bond acceptors (Lipinski definition) is 3. The highest BCUT2D eigenvalue weighted by molar-refractivity contribution is 6.01. The number of carbonyl (C=O) groups is 2. The van der Waals surface area contributed by atoms with Crippen molar-refractivity contribution in [3.05, 3.63) is 77.9 Å². The smallest absolute Gasteiger partial charge is 0.269 e. The molecule has 3 aromatic carbocycles. The molecule has 0 aliphatic carbocycles. The molecular formula is C20H19N3O2. The van der Waals surface area contributed by atoms with Crippen molar-refractivity contribution in [1.82, 2.24) is 10.9 Å². The topological polar surface area (TPSA) is 61.4 Å². The molecule has 126 valence electrons. The van der Waals surface area contributed by atoms with Gasteiger partial charge in [0.15, 0.2) is 0 Å². The molecule has 3 aromatic rings. The number of anilines is 1. The Balaban J connectivity index is 1.68. The Morgan fingerprint density at radius 3 is 2.04 bits per heavy atom. The summed E-state index contributed by atoms with van der Waals surface area (Å²) in [6.07, 6.45) is 0. The van der Waals surface area contributed by atoms with Gasteiger partial charge in [0.1, 0.15) is 0 Å². The van der Waals surface area contributed by atoms with Crippen molar-refractivity contribution in [2.24, 2.45) is 0 Å². The Bertz CT molecular complexity index is 935. The van der Waals surface area contributed by atoms with Crippen LogP contribution in [-0.4, -0.2) is 25.9 Å². The van der Waals surface area contributed by atoms with Crippen LogP contribution in [0.1, 0.15) is 20.7 Å². The molecule has 0 heterocycles. The molecule has 5 nitrogen and oxygen atoms in total. The molecule has 3 rings (SSSR count). The fourth-order valence-corrected chi connectivity index (χ4v) is 2.51. The number of hydrogen-bond donors (Lipinski definition) is 2. The first-order chi connectivity index (χ1) is 12.0. The predicted octanol–water partition coefficient (Wildman–Crippen LogP) is 2.98. The van der Waals surface area contributed by atoms with Gasteiger partial charge in [-0.05, 0) is 41.1 Å². The fourth-order valence-electron chi connectivity index (χ4n) is 2.51. The maximum Gasteiger partial charge on any atom is 0.269 e. The van der Waals surface area contributed by atoms with Crippen LogP contribution in [0.25, 0.3) is 10.8 Å². The van der Waals surface area contributed by atoms with E-state index in [9.17, 15) is 9.59 Å². The lowest BCUT2D eigenvalue weighted by atomic mass is 10.1. The normalized spacial score (nSPS) is 10.3. The molecule has 25 heavy (non-hydrogen) atoms. The summed E-state index contributed by atoms with van der Waals surface area (Å²) < 4.78 is 0. The highest BCUT2D eigenvalue weighted by atomic mass is 16.2. The molecule has 5 heteroatoms. The van der Waals surface area contributed by atoms with Crippen molar-refractivity contribution < 1.29 is 9.59 Å². The largest absolute Gasteiger partial charge is 0.378 e. The molecule has 0 radical (unpaired) electrons. The Labute approximate surface area is 146 Å². The van der Waals surface area contributed by atoms with Gasteiger partial charge in [0.25, 0.3) is 11.8 Å². The van der Waals surface area contributed by atoms with Gasteiger partial charge in [-0.2, -0.15) is 0 Å². The number of carbonyl (C=O) groups excluding carboxylic acids is 2. The number of nitrogens with one attached hydrogen (secondary N) is 2. The minimum atomic E-state index is -0.363. The lowest BCUT2D eigenvalue weighted by molar-refractivity contribution is 0.0847. The van der Waals surface area contributed by atoms with E-state index < -0.39 is 0 Å². The maximum absolute atomic E-state index is 12.3. The number of benzene rings is 3. The average molecular weight is 333 g/mol. The van der Waals surface area contributed by atoms with E-state index >= 15 is 0 Å². The van der Waals surface area contributed by atoms with Gasteiger partial charge in [-0.15, -0.1) is 0 Å². The van der Waals surface area contributed by atoms with E-state index in [4.69, 9.17) is 0 Å². The van der Waals surface area contributed by atoms with Gasteiger partial charge < -0.3 is 4.90 Å². The Morgan fingerprint density at radius 2 is 1.36 bits per heavy atom. The molecule has 0 aliphatic rings. The number of amides is 2. The van der Waals surface area contributed by atoms with Gasteiger partial charge in [-0.1, -0.05) is 36.4 Å². The first kappa shape index (κ1) is 16.5. The summed E-state index contributed by atoms with van der Waals surface area (Å²) in [4.78, 5) is 26.4. The summed E-state index contributed by atoms with van der Waals surface area (Å²) in [6, 6.07) is 20.4. The molecule has 0 fully saturated rings. The first-order valence-corrected chi connectivity index (χ1v) is 7.91. The standard InChI is InChI=1S/C20H19N3O2/c1-23(2)18-9-5-8-16(13-18)19(24)21-22-20(25)17-11-10-14-6-3-4-7-15(14)12-17/h3-13H,1-2H3,(H,21,24)(H,22,25). The zero-order chi connectivity index (χ0) is 17.8. The summed E-state index contributed by atoms with van der Waals surface area (Å²) in [7, 11) is 3.80. The maximum atomic E-state index is 12.3. The molecule has 0 saturated carbocycles. The Kier molecular flexibility index (Phi) is 4.66. The summed E-state index contributed by atoms with van der Waals surface area (Å²) in [5.74, 6) is -0.722. The Morgan fingerprint density at radius 1 is 0.720 bits per heavy atom. The summed E-state index contributed by atoms with van der Waals surface area (Å²) in [5, 5.41) is 2.03. The van der Waals surface area contributed by atoms with Gasteiger partial charge in [0.2, 0.25) is 0 Å². The van der Waals surface area contributed by atoms with Crippen molar-refractivity contribution in [1.29, 1.82) is 0 Å². The van der Waals surface area contributed by atoms with Crippen molar-refractivity contribution in [2.45, 2.75) is 0 Å². The summed E-state index contributed by atoms with van der Waals surface area (Å²) in [5.41, 5.74) is 6.79. The lowest BCUT2D eigenvalue weighted by Gasteiger charge is -2.13. The molecule has 0 aromatic heterocycles. The second kappa shape index (κ2) is 7.05. The van der Waals surface area contributed by atoms with E-state index in [1.54, 1.807) is 30.3 Å². The van der Waals surface area contributed by atoms with Gasteiger partial charge in [-0.3, -0.25) is 20.4 Å². The van der Waals surface area contributed by atoms with Crippen molar-refractivity contribution in [2.75, 3.05) is 19.0 Å². The SMILES string of the molecule is CN(C)c1cccc(C(=O)NNC(=O)c2ccc3ccccc3c2)c1. The van der Waals surface area contributed by atoms with E-state index in [0.717, 1.165) is 16.5 Å². The number of nitrogens with zero attached hydrogens (tertiary/aromatic N) is 1. The van der Waals surface area contributed by atoms with E-state index in [1.807, 2.05) is 55.4 Å². The quantitative estimate of drug-likeness (QED) is 0.725. The highest BCUT2D eigenvalue weighted by Crippen LogP contribution is 2.16. The van der Waals surface area contributed by atoms with Gasteiger partial charge in [0, 0.05) is 30.9 Å².